The van der Waals surface area contributed by atoms with Crippen LogP contribution in [-0.2, 0) is 40.4 Å². The number of hydrogen-bond acceptors (Lipinski definition) is 7. The lowest BCUT2D eigenvalue weighted by molar-refractivity contribution is 0.210. The third-order valence-corrected chi connectivity index (χ3v) is 6.79. The van der Waals surface area contributed by atoms with E-state index in [1.807, 2.05) is 0 Å². The maximum atomic E-state index is 12.7. The van der Waals surface area contributed by atoms with E-state index in [1.54, 1.807) is 7.11 Å². The number of carbonyl (C=O) groups is 1. The van der Waals surface area contributed by atoms with Gasteiger partial charge in [-0.25, -0.2) is 17.9 Å². The van der Waals surface area contributed by atoms with Crippen LogP contribution in [-0.4, -0.2) is 44.9 Å². The second-order valence-electron chi connectivity index (χ2n) is 7.49. The van der Waals surface area contributed by atoms with Gasteiger partial charge in [-0.1, -0.05) is 6.07 Å². The highest BCUT2D eigenvalue weighted by Gasteiger charge is 2.26. The van der Waals surface area contributed by atoms with Gasteiger partial charge in [0.25, 0.3) is 10.0 Å². The van der Waals surface area contributed by atoms with E-state index in [2.05, 4.69) is 31.6 Å². The summed E-state index contributed by atoms with van der Waals surface area (Å²) in [6.07, 6.45) is 7.00. The Labute approximate surface area is 175 Å². The minimum Gasteiger partial charge on any atom is -0.383 e. The zero-order valence-electron chi connectivity index (χ0n) is 16.8. The number of ether oxygens (including phenoxy) is 1. The van der Waals surface area contributed by atoms with Crippen LogP contribution in [0.15, 0.2) is 23.2 Å². The van der Waals surface area contributed by atoms with Gasteiger partial charge in [0, 0.05) is 25.4 Å². The van der Waals surface area contributed by atoms with E-state index in [4.69, 9.17) is 4.74 Å². The molecule has 2 aliphatic carbocycles. The molecule has 3 N–H and O–H groups in total. The van der Waals surface area contributed by atoms with E-state index in [0.717, 1.165) is 61.5 Å². The second kappa shape index (κ2) is 8.57. The summed E-state index contributed by atoms with van der Waals surface area (Å²) in [4.78, 5) is 12.5. The van der Waals surface area contributed by atoms with Crippen LogP contribution in [0.1, 0.15) is 35.1 Å². The molecule has 0 spiro atoms. The largest absolute Gasteiger partial charge is 0.383 e. The molecular weight excluding hydrogens is 406 g/mol. The van der Waals surface area contributed by atoms with Gasteiger partial charge in [-0.3, -0.25) is 0 Å². The number of amides is 2. The van der Waals surface area contributed by atoms with E-state index in [0.29, 0.717) is 13.2 Å². The molecule has 9 nitrogen and oxygen atoms in total. The quantitative estimate of drug-likeness (QED) is 0.573. The first-order valence-corrected chi connectivity index (χ1v) is 11.5. The Bertz CT molecular complexity index is 1040. The average Bonchev–Trinajstić information content (AvgIpc) is 3.37. The van der Waals surface area contributed by atoms with Crippen molar-refractivity contribution in [2.24, 2.45) is 0 Å². The summed E-state index contributed by atoms with van der Waals surface area (Å²) in [6, 6.07) is 2.82. The molecule has 160 valence electrons. The number of anilines is 2. The molecule has 0 saturated carbocycles. The summed E-state index contributed by atoms with van der Waals surface area (Å²) >= 11 is 0. The molecule has 30 heavy (non-hydrogen) atoms. The van der Waals surface area contributed by atoms with Crippen LogP contribution in [0.25, 0.3) is 0 Å². The molecule has 1 heterocycles. The Morgan fingerprint density at radius 1 is 1.10 bits per heavy atom. The lowest BCUT2D eigenvalue weighted by atomic mass is 9.99. The third kappa shape index (κ3) is 4.24. The summed E-state index contributed by atoms with van der Waals surface area (Å²) in [5, 5.41) is 13.3. The van der Waals surface area contributed by atoms with Gasteiger partial charge in [-0.2, -0.15) is 5.10 Å². The number of nitrogens with one attached hydrogen (secondary N) is 3. The highest BCUT2D eigenvalue weighted by Crippen LogP contribution is 2.38. The van der Waals surface area contributed by atoms with Crippen molar-refractivity contribution in [3.63, 3.8) is 0 Å². The summed E-state index contributed by atoms with van der Waals surface area (Å²) in [5.74, 6) is 0.286. The fourth-order valence-corrected chi connectivity index (χ4v) is 5.02. The van der Waals surface area contributed by atoms with Crippen LogP contribution in [0, 0.1) is 0 Å². The van der Waals surface area contributed by atoms with Crippen molar-refractivity contribution in [1.82, 2.24) is 14.9 Å². The molecule has 0 saturated heterocycles. The van der Waals surface area contributed by atoms with Crippen LogP contribution in [0.5, 0.6) is 0 Å². The van der Waals surface area contributed by atoms with Crippen molar-refractivity contribution in [2.75, 3.05) is 30.9 Å². The molecule has 2 amide bonds. The Kier molecular flexibility index (Phi) is 5.87. The van der Waals surface area contributed by atoms with Gasteiger partial charge < -0.3 is 15.4 Å². The molecule has 0 aliphatic heterocycles. The number of aromatic nitrogens is 2. The maximum Gasteiger partial charge on any atom is 0.333 e. The number of sulfonamides is 1. The van der Waals surface area contributed by atoms with Gasteiger partial charge in [0.1, 0.15) is 10.7 Å². The number of carbonyl (C=O) groups excluding carboxylic acids is 1. The molecule has 0 radical (unpaired) electrons. The van der Waals surface area contributed by atoms with Crippen molar-refractivity contribution >= 4 is 27.6 Å². The number of benzene rings is 1. The Morgan fingerprint density at radius 2 is 1.80 bits per heavy atom. The van der Waals surface area contributed by atoms with Crippen LogP contribution in [0.4, 0.5) is 16.3 Å². The summed E-state index contributed by atoms with van der Waals surface area (Å²) < 4.78 is 32.4. The van der Waals surface area contributed by atoms with E-state index < -0.39 is 16.1 Å². The number of hydrogen-bond donors (Lipinski definition) is 3. The molecule has 0 atom stereocenters. The molecule has 0 unspecified atom stereocenters. The fraction of sp³-hybridized carbons (Fsp3) is 0.450. The maximum absolute atomic E-state index is 12.7. The van der Waals surface area contributed by atoms with Gasteiger partial charge in [0.05, 0.1) is 12.8 Å². The molecule has 1 aromatic carbocycles. The zero-order chi connectivity index (χ0) is 21.1. The van der Waals surface area contributed by atoms with Gasteiger partial charge in [0.15, 0.2) is 0 Å². The summed E-state index contributed by atoms with van der Waals surface area (Å²) in [5.41, 5.74) is 5.59. The molecule has 10 heteroatoms. The smallest absolute Gasteiger partial charge is 0.333 e. The van der Waals surface area contributed by atoms with Crippen LogP contribution in [0.3, 0.4) is 0 Å². The number of fused-ring (bicyclic) bond motifs is 2. The van der Waals surface area contributed by atoms with Crippen molar-refractivity contribution in [2.45, 2.75) is 43.4 Å². The fourth-order valence-electron chi connectivity index (χ4n) is 4.15. The zero-order valence-corrected chi connectivity index (χ0v) is 17.6. The molecule has 0 bridgehead atoms. The highest BCUT2D eigenvalue weighted by molar-refractivity contribution is 7.90. The first-order valence-electron chi connectivity index (χ1n) is 10.0. The second-order valence-corrected chi connectivity index (χ2v) is 9.17. The lowest BCUT2D eigenvalue weighted by Gasteiger charge is -2.16. The average molecular weight is 432 g/mol. The number of aryl methyl sites for hydroxylation is 2. The SMILES string of the molecule is COCCNc1cc(S(=O)(=O)NC(=O)Nc2c3c(cc4c2CCC4)CCC3)cnn1. The number of urea groups is 1. The molecule has 2 aliphatic rings. The predicted octanol–water partition coefficient (Wildman–Crippen LogP) is 2.02. The normalized spacial score (nSPS) is 14.8. The van der Waals surface area contributed by atoms with E-state index in [1.165, 1.54) is 17.2 Å². The minimum atomic E-state index is -4.10. The van der Waals surface area contributed by atoms with Gasteiger partial charge in [-0.15, -0.1) is 5.10 Å². The van der Waals surface area contributed by atoms with Crippen molar-refractivity contribution in [3.8, 4) is 0 Å². The topological polar surface area (TPSA) is 122 Å². The van der Waals surface area contributed by atoms with Crippen LogP contribution in [0.2, 0.25) is 0 Å². The molecule has 2 aromatic rings. The lowest BCUT2D eigenvalue weighted by Crippen LogP contribution is -2.35. The molecule has 4 rings (SSSR count). The van der Waals surface area contributed by atoms with Crippen molar-refractivity contribution in [1.29, 1.82) is 0 Å². The van der Waals surface area contributed by atoms with Crippen LogP contribution < -0.4 is 15.4 Å². The Morgan fingerprint density at radius 3 is 2.47 bits per heavy atom. The first-order chi connectivity index (χ1) is 14.5. The predicted molar refractivity (Wildman–Crippen MR) is 112 cm³/mol. The summed E-state index contributed by atoms with van der Waals surface area (Å²) in [7, 11) is -2.53. The number of methoxy groups -OCH3 is 1. The third-order valence-electron chi connectivity index (χ3n) is 5.49. The minimum absolute atomic E-state index is 0.143. The van der Waals surface area contributed by atoms with Crippen molar-refractivity contribution < 1.29 is 17.9 Å². The van der Waals surface area contributed by atoms with E-state index in [-0.39, 0.29) is 10.7 Å². The standard InChI is InChI=1S/C20H25N5O4S/c1-29-9-8-21-18-11-15(12-22-24-18)30(27,28)25-20(26)23-19-16-6-2-4-13(16)10-14-5-3-7-17(14)19/h10-12H,2-9H2,1H3,(H,21,24)(H2,23,25,26). The molecular formula is C20H25N5O4S. The van der Waals surface area contributed by atoms with E-state index >= 15 is 0 Å². The van der Waals surface area contributed by atoms with E-state index in [9.17, 15) is 13.2 Å². The monoisotopic (exact) mass is 431 g/mol. The molecule has 0 fully saturated rings. The Hall–Kier alpha value is -2.72. The van der Waals surface area contributed by atoms with Gasteiger partial charge in [-0.05, 0) is 60.8 Å². The van der Waals surface area contributed by atoms with Crippen molar-refractivity contribution in [3.05, 3.63) is 40.6 Å². The van der Waals surface area contributed by atoms with Crippen LogP contribution >= 0.6 is 0 Å². The highest BCUT2D eigenvalue weighted by atomic mass is 32.2. The number of rotatable bonds is 7. The summed E-state index contributed by atoms with van der Waals surface area (Å²) in [6.45, 7) is 0.887. The first kappa shape index (κ1) is 20.5. The van der Waals surface area contributed by atoms with Gasteiger partial charge in [0.2, 0.25) is 0 Å². The van der Waals surface area contributed by atoms with Gasteiger partial charge >= 0.3 is 6.03 Å². The Balaban J connectivity index is 1.50. The number of nitrogens with zero attached hydrogens (tertiary/aromatic N) is 2. The molecule has 1 aromatic heterocycles.